The average molecular weight is 388 g/mol. The van der Waals surface area contributed by atoms with Crippen molar-refractivity contribution in [1.82, 2.24) is 5.32 Å². The molecule has 1 heterocycles. The molecule has 1 aliphatic heterocycles. The number of nitro benzene ring substituents is 1. The van der Waals surface area contributed by atoms with E-state index in [1.165, 1.54) is 37.5 Å². The Hall–Kier alpha value is -3.40. The molecule has 2 aromatic rings. The summed E-state index contributed by atoms with van der Waals surface area (Å²) in [6, 6.07) is 7.44. The lowest BCUT2D eigenvalue weighted by atomic mass is 10.1. The number of aliphatic imine (C=N–C) groups is 1. The number of methoxy groups -OCH3 is 1. The van der Waals surface area contributed by atoms with Gasteiger partial charge in [-0.2, -0.15) is 0 Å². The average Bonchev–Trinajstić information content (AvgIpc) is 2.97. The molecule has 0 radical (unpaired) electrons. The first kappa shape index (κ1) is 18.4. The van der Waals surface area contributed by atoms with Gasteiger partial charge in [-0.3, -0.25) is 14.9 Å². The highest BCUT2D eigenvalue weighted by atomic mass is 32.2. The number of ether oxygens (including phenoxy) is 1. The summed E-state index contributed by atoms with van der Waals surface area (Å²) in [5, 5.41) is 26.0. The van der Waals surface area contributed by atoms with E-state index in [1.54, 1.807) is 0 Å². The van der Waals surface area contributed by atoms with Gasteiger partial charge in [0.25, 0.3) is 11.6 Å². The highest BCUT2D eigenvalue weighted by Gasteiger charge is 2.24. The molecule has 2 aromatic carbocycles. The summed E-state index contributed by atoms with van der Waals surface area (Å²) < 4.78 is 17.8. The molecule has 27 heavy (non-hydrogen) atoms. The second-order valence-electron chi connectivity index (χ2n) is 5.28. The number of hydrogen-bond donors (Lipinski definition) is 1. The van der Waals surface area contributed by atoms with Crippen LogP contribution in [-0.4, -0.2) is 23.1 Å². The van der Waals surface area contributed by atoms with Gasteiger partial charge in [0.2, 0.25) is 0 Å². The molecule has 0 spiro atoms. The molecule has 3 rings (SSSR count). The fourth-order valence-corrected chi connectivity index (χ4v) is 3.06. The Morgan fingerprint density at radius 2 is 2.00 bits per heavy atom. The minimum Gasteiger partial charge on any atom is -0.870 e. The molecule has 1 N–H and O–H groups in total. The number of nitrogens with zero attached hydrogens (tertiary/aromatic N) is 2. The van der Waals surface area contributed by atoms with Crippen LogP contribution in [-0.2, 0) is 4.79 Å². The third-order valence-corrected chi connectivity index (χ3v) is 4.40. The van der Waals surface area contributed by atoms with Crippen LogP contribution < -0.4 is 15.2 Å². The molecule has 8 nitrogen and oxygen atoms in total. The number of halogens is 1. The van der Waals surface area contributed by atoms with E-state index < -0.39 is 22.4 Å². The molecule has 0 aliphatic carbocycles. The first-order valence-electron chi connectivity index (χ1n) is 7.46. The number of amides is 1. The van der Waals surface area contributed by atoms with Crippen molar-refractivity contribution < 1.29 is 24.0 Å². The zero-order valence-corrected chi connectivity index (χ0v) is 14.6. The van der Waals surface area contributed by atoms with E-state index >= 15 is 0 Å². The molecular formula is C17H11FN3O5S-. The number of non-ortho nitro benzene ring substituents is 1. The SMILES string of the molecule is COc1cc([N+](=O)[O-])cc(/C=C2/SC(=Nc3ccc(F)cc3)NC2=O)c1[O-]. The van der Waals surface area contributed by atoms with Crippen molar-refractivity contribution in [3.63, 3.8) is 0 Å². The summed E-state index contributed by atoms with van der Waals surface area (Å²) in [7, 11) is 1.22. The van der Waals surface area contributed by atoms with Gasteiger partial charge in [-0.15, -0.1) is 0 Å². The summed E-state index contributed by atoms with van der Waals surface area (Å²) in [5.41, 5.74) is 0.0469. The fraction of sp³-hybridized carbons (Fsp3) is 0.0588. The lowest BCUT2D eigenvalue weighted by molar-refractivity contribution is -0.385. The largest absolute Gasteiger partial charge is 0.870 e. The smallest absolute Gasteiger partial charge is 0.273 e. The first-order chi connectivity index (χ1) is 12.9. The molecular weight excluding hydrogens is 377 g/mol. The van der Waals surface area contributed by atoms with Gasteiger partial charge in [-0.05, 0) is 47.7 Å². The summed E-state index contributed by atoms with van der Waals surface area (Å²) >= 11 is 0.956. The zero-order valence-electron chi connectivity index (χ0n) is 13.8. The van der Waals surface area contributed by atoms with Crippen molar-refractivity contribution in [2.45, 2.75) is 0 Å². The van der Waals surface area contributed by atoms with Crippen LogP contribution in [0, 0.1) is 15.9 Å². The Bertz CT molecular complexity index is 989. The van der Waals surface area contributed by atoms with E-state index in [1.807, 2.05) is 0 Å². The maximum atomic E-state index is 12.9. The number of hydrogen-bond acceptors (Lipinski definition) is 7. The van der Waals surface area contributed by atoms with Gasteiger partial charge in [-0.25, -0.2) is 9.38 Å². The topological polar surface area (TPSA) is 117 Å². The monoisotopic (exact) mass is 388 g/mol. The number of benzene rings is 2. The van der Waals surface area contributed by atoms with Gasteiger partial charge in [0.05, 0.1) is 28.7 Å². The van der Waals surface area contributed by atoms with Crippen LogP contribution in [0.5, 0.6) is 11.5 Å². The van der Waals surface area contributed by atoms with Gasteiger partial charge in [0, 0.05) is 6.07 Å². The lowest BCUT2D eigenvalue weighted by Gasteiger charge is -2.15. The molecule has 0 saturated carbocycles. The number of rotatable bonds is 4. The number of carbonyl (C=O) groups excluding carboxylic acids is 1. The van der Waals surface area contributed by atoms with Crippen LogP contribution in [0.4, 0.5) is 15.8 Å². The zero-order chi connectivity index (χ0) is 19.6. The van der Waals surface area contributed by atoms with Crippen molar-refractivity contribution in [2.75, 3.05) is 7.11 Å². The summed E-state index contributed by atoms with van der Waals surface area (Å²) in [4.78, 5) is 26.8. The Morgan fingerprint density at radius 1 is 1.30 bits per heavy atom. The fourth-order valence-electron chi connectivity index (χ4n) is 2.23. The van der Waals surface area contributed by atoms with Crippen molar-refractivity contribution in [3.05, 3.63) is 62.8 Å². The molecule has 10 heteroatoms. The van der Waals surface area contributed by atoms with Crippen molar-refractivity contribution in [1.29, 1.82) is 0 Å². The first-order valence-corrected chi connectivity index (χ1v) is 8.27. The quantitative estimate of drug-likeness (QED) is 0.489. The third kappa shape index (κ3) is 4.06. The van der Waals surface area contributed by atoms with Crippen LogP contribution in [0.1, 0.15) is 5.56 Å². The Balaban J connectivity index is 1.94. The molecule has 1 amide bonds. The van der Waals surface area contributed by atoms with E-state index in [2.05, 4.69) is 10.3 Å². The second kappa shape index (κ2) is 7.46. The van der Waals surface area contributed by atoms with Crippen LogP contribution in [0.3, 0.4) is 0 Å². The Morgan fingerprint density at radius 3 is 2.63 bits per heavy atom. The van der Waals surface area contributed by atoms with E-state index in [0.29, 0.717) is 5.69 Å². The molecule has 1 aliphatic rings. The minimum absolute atomic E-state index is 0.0540. The van der Waals surface area contributed by atoms with Crippen molar-refractivity contribution in [3.8, 4) is 11.5 Å². The molecule has 1 saturated heterocycles. The van der Waals surface area contributed by atoms with Crippen LogP contribution in [0.2, 0.25) is 0 Å². The lowest BCUT2D eigenvalue weighted by Crippen LogP contribution is -2.19. The molecule has 0 unspecified atom stereocenters. The van der Waals surface area contributed by atoms with Crippen LogP contribution in [0.15, 0.2) is 46.3 Å². The molecule has 1 fully saturated rings. The summed E-state index contributed by atoms with van der Waals surface area (Å²) in [6.07, 6.45) is 1.24. The molecule has 0 aromatic heterocycles. The van der Waals surface area contributed by atoms with Gasteiger partial charge in [0.1, 0.15) is 11.6 Å². The van der Waals surface area contributed by atoms with Crippen LogP contribution in [0.25, 0.3) is 6.08 Å². The number of thioether (sulfide) groups is 1. The third-order valence-electron chi connectivity index (χ3n) is 3.49. The van der Waals surface area contributed by atoms with Crippen LogP contribution >= 0.6 is 11.8 Å². The van der Waals surface area contributed by atoms with E-state index in [-0.39, 0.29) is 27.1 Å². The molecule has 0 bridgehead atoms. The summed E-state index contributed by atoms with van der Waals surface area (Å²) in [5.74, 6) is -1.69. The van der Waals surface area contributed by atoms with Gasteiger partial charge in [-0.1, -0.05) is 5.75 Å². The Kier molecular flexibility index (Phi) is 5.08. The van der Waals surface area contributed by atoms with E-state index in [9.17, 15) is 24.4 Å². The normalized spacial score (nSPS) is 16.6. The number of amidine groups is 1. The maximum Gasteiger partial charge on any atom is 0.273 e. The van der Waals surface area contributed by atoms with Gasteiger partial charge >= 0.3 is 0 Å². The molecule has 138 valence electrons. The van der Waals surface area contributed by atoms with Crippen molar-refractivity contribution in [2.24, 2.45) is 4.99 Å². The number of nitrogens with one attached hydrogen (secondary N) is 1. The minimum atomic E-state index is -0.659. The maximum absolute atomic E-state index is 12.9. The van der Waals surface area contributed by atoms with E-state index in [4.69, 9.17) is 4.74 Å². The standard InChI is InChI=1S/C17H12FN3O5S/c1-26-13-8-12(21(24)25)6-9(15(13)22)7-14-16(23)20-17(27-14)19-11-4-2-10(18)3-5-11/h2-8,22H,1H3,(H,19,20,23)/p-1/b14-7+. The van der Waals surface area contributed by atoms with E-state index in [0.717, 1.165) is 23.9 Å². The number of nitro groups is 1. The summed E-state index contributed by atoms with van der Waals surface area (Å²) in [6.45, 7) is 0. The Labute approximate surface area is 156 Å². The highest BCUT2D eigenvalue weighted by Crippen LogP contribution is 2.36. The van der Waals surface area contributed by atoms with Gasteiger partial charge in [0.15, 0.2) is 5.17 Å². The predicted octanol–water partition coefficient (Wildman–Crippen LogP) is 2.71. The van der Waals surface area contributed by atoms with Gasteiger partial charge < -0.3 is 15.2 Å². The predicted molar refractivity (Wildman–Crippen MR) is 96.3 cm³/mol. The highest BCUT2D eigenvalue weighted by molar-refractivity contribution is 8.18. The molecule has 0 atom stereocenters. The second-order valence-corrected chi connectivity index (χ2v) is 6.31. The van der Waals surface area contributed by atoms with Crippen molar-refractivity contribution >= 4 is 40.3 Å². The number of carbonyl (C=O) groups is 1.